The van der Waals surface area contributed by atoms with E-state index < -0.39 is 67.4 Å². The lowest BCUT2D eigenvalue weighted by molar-refractivity contribution is -0.143. The fraction of sp³-hybridized carbons (Fsp3) is 0.643. The summed E-state index contributed by atoms with van der Waals surface area (Å²) in [6.07, 6.45) is -1.75. The molecular formula is C14H22N4O8. The molecule has 0 radical (unpaired) electrons. The third kappa shape index (κ3) is 6.29. The topological polar surface area (TPSA) is 199 Å². The highest BCUT2D eigenvalue weighted by atomic mass is 16.4. The van der Waals surface area contributed by atoms with E-state index in [9.17, 15) is 29.1 Å². The Kier molecular flexibility index (Phi) is 7.93. The van der Waals surface area contributed by atoms with Gasteiger partial charge in [0.15, 0.2) is 0 Å². The quantitative estimate of drug-likeness (QED) is 0.236. The molecule has 1 rings (SSSR count). The van der Waals surface area contributed by atoms with Crippen LogP contribution >= 0.6 is 0 Å². The van der Waals surface area contributed by atoms with Gasteiger partial charge in [-0.05, 0) is 6.42 Å². The molecule has 1 heterocycles. The summed E-state index contributed by atoms with van der Waals surface area (Å²) < 4.78 is 0. The minimum atomic E-state index is -1.27. The number of likely N-dealkylation sites (tertiary alicyclic amines) is 1. The maximum absolute atomic E-state index is 12.7. The summed E-state index contributed by atoms with van der Waals surface area (Å²) in [5, 5.41) is 31.6. The largest absolute Gasteiger partial charge is 0.481 e. The summed E-state index contributed by atoms with van der Waals surface area (Å²) in [7, 11) is 0. The van der Waals surface area contributed by atoms with E-state index in [1.54, 1.807) is 0 Å². The van der Waals surface area contributed by atoms with Crippen molar-refractivity contribution in [1.82, 2.24) is 15.5 Å². The van der Waals surface area contributed by atoms with E-state index in [0.29, 0.717) is 0 Å². The monoisotopic (exact) mass is 374 g/mol. The number of aliphatic hydroxyl groups is 1. The van der Waals surface area contributed by atoms with Crippen molar-refractivity contribution in [3.8, 4) is 0 Å². The lowest BCUT2D eigenvalue weighted by Gasteiger charge is -2.28. The second-order valence-corrected chi connectivity index (χ2v) is 5.76. The molecule has 1 saturated heterocycles. The molecule has 0 saturated carbocycles. The number of aliphatic carboxylic acids is 2. The number of carbonyl (C=O) groups is 5. The first-order chi connectivity index (χ1) is 12.1. The highest BCUT2D eigenvalue weighted by Crippen LogP contribution is 2.20. The van der Waals surface area contributed by atoms with Crippen molar-refractivity contribution in [3.05, 3.63) is 0 Å². The number of hydrogen-bond donors (Lipinski definition) is 6. The summed E-state index contributed by atoms with van der Waals surface area (Å²) in [5.41, 5.74) is 5.18. The van der Waals surface area contributed by atoms with Gasteiger partial charge >= 0.3 is 11.9 Å². The molecule has 0 aliphatic carbocycles. The molecular weight excluding hydrogens is 352 g/mol. The highest BCUT2D eigenvalue weighted by Gasteiger charge is 2.41. The SMILES string of the molecule is NCC(=O)N[C@@H](CCC(=O)O)C(=O)N1C[C@H](O)C[C@H]1C(=O)NCC(=O)O. The van der Waals surface area contributed by atoms with Crippen molar-refractivity contribution < 1.29 is 39.3 Å². The van der Waals surface area contributed by atoms with Crippen LogP contribution in [0.5, 0.6) is 0 Å². The van der Waals surface area contributed by atoms with E-state index in [-0.39, 0.29) is 19.4 Å². The summed E-state index contributed by atoms with van der Waals surface area (Å²) in [6, 6.07) is -2.36. The highest BCUT2D eigenvalue weighted by molar-refractivity contribution is 5.93. The van der Waals surface area contributed by atoms with Gasteiger partial charge in [0.1, 0.15) is 18.6 Å². The van der Waals surface area contributed by atoms with E-state index in [2.05, 4.69) is 10.6 Å². The number of carboxylic acid groups (broad SMARTS) is 2. The Bertz CT molecular complexity index is 581. The molecule has 12 heteroatoms. The summed E-state index contributed by atoms with van der Waals surface area (Å²) in [6.45, 7) is -1.27. The lowest BCUT2D eigenvalue weighted by Crippen LogP contribution is -2.54. The van der Waals surface area contributed by atoms with Crippen LogP contribution in [0.4, 0.5) is 0 Å². The zero-order valence-corrected chi connectivity index (χ0v) is 13.9. The first-order valence-corrected chi connectivity index (χ1v) is 7.85. The summed E-state index contributed by atoms with van der Waals surface area (Å²) in [5.74, 6) is -4.65. The van der Waals surface area contributed by atoms with Gasteiger partial charge in [0, 0.05) is 19.4 Å². The zero-order chi connectivity index (χ0) is 19.9. The van der Waals surface area contributed by atoms with Gasteiger partial charge < -0.3 is 36.6 Å². The number of nitrogens with zero attached hydrogens (tertiary/aromatic N) is 1. The number of carbonyl (C=O) groups excluding carboxylic acids is 3. The van der Waals surface area contributed by atoms with Gasteiger partial charge in [0.2, 0.25) is 17.7 Å². The molecule has 26 heavy (non-hydrogen) atoms. The van der Waals surface area contributed by atoms with Gasteiger partial charge in [-0.15, -0.1) is 0 Å². The van der Waals surface area contributed by atoms with Gasteiger partial charge in [0.25, 0.3) is 0 Å². The van der Waals surface area contributed by atoms with Crippen molar-refractivity contribution in [2.24, 2.45) is 5.73 Å². The Morgan fingerprint density at radius 3 is 2.35 bits per heavy atom. The maximum atomic E-state index is 12.7. The number of aliphatic hydroxyl groups excluding tert-OH is 1. The fourth-order valence-corrected chi connectivity index (χ4v) is 2.57. The number of hydrogen-bond acceptors (Lipinski definition) is 7. The predicted molar refractivity (Wildman–Crippen MR) is 84.6 cm³/mol. The average molecular weight is 374 g/mol. The van der Waals surface area contributed by atoms with E-state index in [0.717, 1.165) is 4.90 Å². The molecule has 0 aromatic carbocycles. The third-order valence-corrected chi connectivity index (χ3v) is 3.74. The van der Waals surface area contributed by atoms with Gasteiger partial charge in [-0.3, -0.25) is 24.0 Å². The summed E-state index contributed by atoms with van der Waals surface area (Å²) >= 11 is 0. The molecule has 1 aliphatic rings. The molecule has 0 aromatic heterocycles. The van der Waals surface area contributed by atoms with Crippen molar-refractivity contribution in [1.29, 1.82) is 0 Å². The Balaban J connectivity index is 2.90. The fourth-order valence-electron chi connectivity index (χ4n) is 2.57. The van der Waals surface area contributed by atoms with Crippen LogP contribution in [0, 0.1) is 0 Å². The minimum absolute atomic E-state index is 0.103. The summed E-state index contributed by atoms with van der Waals surface area (Å²) in [4.78, 5) is 58.6. The third-order valence-electron chi connectivity index (χ3n) is 3.74. The Morgan fingerprint density at radius 2 is 1.81 bits per heavy atom. The molecule has 146 valence electrons. The van der Waals surface area contributed by atoms with E-state index in [1.807, 2.05) is 0 Å². The Hall–Kier alpha value is -2.73. The van der Waals surface area contributed by atoms with Crippen LogP contribution < -0.4 is 16.4 Å². The minimum Gasteiger partial charge on any atom is -0.481 e. The van der Waals surface area contributed by atoms with E-state index >= 15 is 0 Å². The molecule has 3 atom stereocenters. The van der Waals surface area contributed by atoms with Crippen LogP contribution in [0.3, 0.4) is 0 Å². The van der Waals surface area contributed by atoms with Crippen LogP contribution in [-0.4, -0.2) is 87.7 Å². The van der Waals surface area contributed by atoms with Crippen LogP contribution in [0.25, 0.3) is 0 Å². The van der Waals surface area contributed by atoms with Crippen LogP contribution in [0.2, 0.25) is 0 Å². The number of carboxylic acids is 2. The predicted octanol–water partition coefficient (Wildman–Crippen LogP) is -3.54. The molecule has 12 nitrogen and oxygen atoms in total. The number of nitrogens with one attached hydrogen (secondary N) is 2. The first-order valence-electron chi connectivity index (χ1n) is 7.85. The molecule has 7 N–H and O–H groups in total. The van der Waals surface area contributed by atoms with Gasteiger partial charge in [0.05, 0.1) is 12.6 Å². The normalized spacial score (nSPS) is 20.3. The second kappa shape index (κ2) is 9.68. The second-order valence-electron chi connectivity index (χ2n) is 5.76. The van der Waals surface area contributed by atoms with Crippen molar-refractivity contribution in [3.63, 3.8) is 0 Å². The number of nitrogens with two attached hydrogens (primary N) is 1. The zero-order valence-electron chi connectivity index (χ0n) is 13.9. The molecule has 0 aromatic rings. The average Bonchev–Trinajstić information content (AvgIpc) is 2.97. The van der Waals surface area contributed by atoms with Crippen molar-refractivity contribution in [2.45, 2.75) is 37.5 Å². The molecule has 0 bridgehead atoms. The maximum Gasteiger partial charge on any atom is 0.322 e. The lowest BCUT2D eigenvalue weighted by atomic mass is 10.1. The van der Waals surface area contributed by atoms with Crippen LogP contribution in [-0.2, 0) is 24.0 Å². The van der Waals surface area contributed by atoms with E-state index in [1.165, 1.54) is 0 Å². The number of amides is 3. The number of rotatable bonds is 9. The van der Waals surface area contributed by atoms with Gasteiger partial charge in [-0.1, -0.05) is 0 Å². The molecule has 0 unspecified atom stereocenters. The van der Waals surface area contributed by atoms with Crippen LogP contribution in [0.1, 0.15) is 19.3 Å². The van der Waals surface area contributed by atoms with Crippen molar-refractivity contribution in [2.75, 3.05) is 19.6 Å². The Morgan fingerprint density at radius 1 is 1.15 bits per heavy atom. The first kappa shape index (κ1) is 21.3. The number of β-amino-alcohol motifs (C(OH)–C–C–N with tert-alkyl or cyclic N) is 1. The van der Waals surface area contributed by atoms with E-state index in [4.69, 9.17) is 15.9 Å². The molecule has 0 spiro atoms. The molecule has 3 amide bonds. The molecule has 1 aliphatic heterocycles. The smallest absolute Gasteiger partial charge is 0.322 e. The van der Waals surface area contributed by atoms with Crippen LogP contribution in [0.15, 0.2) is 0 Å². The van der Waals surface area contributed by atoms with Gasteiger partial charge in [-0.2, -0.15) is 0 Å². The Labute approximate surface area is 148 Å². The molecule has 1 fully saturated rings. The standard InChI is InChI=1S/C14H22N4O8/c15-4-10(20)17-8(1-2-11(21)22)14(26)18-6-7(19)3-9(18)13(25)16-5-12(23)24/h7-9,19H,1-6,15H2,(H,16,25)(H,17,20)(H,21,22)(H,23,24)/t7-,8+,9+/m1/s1. The van der Waals surface area contributed by atoms with Crippen molar-refractivity contribution >= 4 is 29.7 Å². The van der Waals surface area contributed by atoms with Gasteiger partial charge in [-0.25, -0.2) is 0 Å².